The Bertz CT molecular complexity index is 480. The highest BCUT2D eigenvalue weighted by atomic mass is 35.5. The summed E-state index contributed by atoms with van der Waals surface area (Å²) < 4.78 is 0. The Labute approximate surface area is 107 Å². The average Bonchev–Trinajstić information content (AvgIpc) is 2.76. The number of carbonyl (C=O) groups is 1. The molecule has 1 aliphatic carbocycles. The normalized spacial score (nSPS) is 14.5. The van der Waals surface area contributed by atoms with E-state index in [2.05, 4.69) is 12.2 Å². The standard InChI is InChI=1S/C15H15ClO/c1-11(17)2-3-12-4-5-14(10-12)13-6-8-15(16)9-7-13/h4-9H,2-3,10H2,1H3. The van der Waals surface area contributed by atoms with Crippen LogP contribution in [0, 0.1) is 0 Å². The van der Waals surface area contributed by atoms with Gasteiger partial charge in [-0.1, -0.05) is 41.5 Å². The molecule has 0 aromatic heterocycles. The van der Waals surface area contributed by atoms with Crippen LogP contribution in [-0.4, -0.2) is 5.78 Å². The van der Waals surface area contributed by atoms with Crippen molar-refractivity contribution in [3.8, 4) is 0 Å². The Morgan fingerprint density at radius 2 is 1.94 bits per heavy atom. The quantitative estimate of drug-likeness (QED) is 0.769. The minimum atomic E-state index is 0.255. The summed E-state index contributed by atoms with van der Waals surface area (Å²) in [7, 11) is 0. The van der Waals surface area contributed by atoms with Crippen molar-refractivity contribution in [3.63, 3.8) is 0 Å². The molecule has 1 nitrogen and oxygen atoms in total. The van der Waals surface area contributed by atoms with E-state index < -0.39 is 0 Å². The lowest BCUT2D eigenvalue weighted by Crippen LogP contribution is -1.91. The van der Waals surface area contributed by atoms with Gasteiger partial charge in [0.25, 0.3) is 0 Å². The second kappa shape index (κ2) is 5.33. The van der Waals surface area contributed by atoms with E-state index in [1.807, 2.05) is 24.3 Å². The van der Waals surface area contributed by atoms with E-state index in [9.17, 15) is 4.79 Å². The smallest absolute Gasteiger partial charge is 0.130 e. The highest BCUT2D eigenvalue weighted by molar-refractivity contribution is 6.30. The number of halogens is 1. The minimum Gasteiger partial charge on any atom is -0.300 e. The Hall–Kier alpha value is -1.34. The fourth-order valence-corrected chi connectivity index (χ4v) is 2.08. The van der Waals surface area contributed by atoms with Crippen LogP contribution < -0.4 is 0 Å². The average molecular weight is 247 g/mol. The van der Waals surface area contributed by atoms with Gasteiger partial charge in [0.2, 0.25) is 0 Å². The summed E-state index contributed by atoms with van der Waals surface area (Å²) in [5.41, 5.74) is 3.86. The zero-order chi connectivity index (χ0) is 12.3. The number of hydrogen-bond acceptors (Lipinski definition) is 1. The molecule has 0 radical (unpaired) electrons. The van der Waals surface area contributed by atoms with Crippen molar-refractivity contribution in [3.05, 3.63) is 52.6 Å². The van der Waals surface area contributed by atoms with E-state index in [4.69, 9.17) is 11.6 Å². The van der Waals surface area contributed by atoms with Crippen LogP contribution in [0.1, 0.15) is 31.7 Å². The van der Waals surface area contributed by atoms with Gasteiger partial charge in [0.1, 0.15) is 5.78 Å². The molecule has 0 bridgehead atoms. The van der Waals surface area contributed by atoms with Gasteiger partial charge in [-0.25, -0.2) is 0 Å². The number of ketones is 1. The molecule has 0 saturated carbocycles. The van der Waals surface area contributed by atoms with Gasteiger partial charge < -0.3 is 4.79 Å². The van der Waals surface area contributed by atoms with Crippen LogP contribution in [0.5, 0.6) is 0 Å². The van der Waals surface area contributed by atoms with E-state index in [-0.39, 0.29) is 5.78 Å². The topological polar surface area (TPSA) is 17.1 Å². The molecular weight excluding hydrogens is 232 g/mol. The summed E-state index contributed by atoms with van der Waals surface area (Å²) >= 11 is 5.86. The van der Waals surface area contributed by atoms with Gasteiger partial charge in [-0.3, -0.25) is 0 Å². The second-order valence-corrected chi connectivity index (χ2v) is 4.84. The number of rotatable bonds is 4. The highest BCUT2D eigenvalue weighted by Crippen LogP contribution is 2.30. The predicted molar refractivity (Wildman–Crippen MR) is 72.0 cm³/mol. The molecule has 1 aromatic rings. The Morgan fingerprint density at radius 1 is 1.24 bits per heavy atom. The lowest BCUT2D eigenvalue weighted by atomic mass is 10.0. The number of Topliss-reactive ketones (excluding diaryl/α,β-unsaturated/α-hetero) is 1. The lowest BCUT2D eigenvalue weighted by Gasteiger charge is -2.05. The van der Waals surface area contributed by atoms with E-state index in [1.54, 1.807) is 6.92 Å². The van der Waals surface area contributed by atoms with Crippen LogP contribution in [-0.2, 0) is 4.79 Å². The Balaban J connectivity index is 1.95. The van der Waals surface area contributed by atoms with Crippen molar-refractivity contribution in [1.29, 1.82) is 0 Å². The van der Waals surface area contributed by atoms with Gasteiger partial charge in [0.05, 0.1) is 0 Å². The third kappa shape index (κ3) is 3.31. The van der Waals surface area contributed by atoms with Crippen LogP contribution in [0.4, 0.5) is 0 Å². The van der Waals surface area contributed by atoms with Crippen LogP contribution in [0.15, 0.2) is 42.0 Å². The van der Waals surface area contributed by atoms with Crippen LogP contribution >= 0.6 is 11.6 Å². The molecule has 0 heterocycles. The third-order valence-electron chi connectivity index (χ3n) is 2.95. The molecule has 0 N–H and O–H groups in total. The number of allylic oxidation sites excluding steroid dienone is 4. The maximum absolute atomic E-state index is 10.9. The van der Waals surface area contributed by atoms with Crippen molar-refractivity contribution >= 4 is 23.0 Å². The van der Waals surface area contributed by atoms with E-state index >= 15 is 0 Å². The fraction of sp³-hybridized carbons (Fsp3) is 0.267. The summed E-state index contributed by atoms with van der Waals surface area (Å²) in [6.45, 7) is 1.64. The molecule has 0 aliphatic heterocycles. The molecule has 17 heavy (non-hydrogen) atoms. The van der Waals surface area contributed by atoms with Crippen molar-refractivity contribution in [2.45, 2.75) is 26.2 Å². The SMILES string of the molecule is CC(=O)CCC1=CC=C(c2ccc(Cl)cc2)C1. The Kier molecular flexibility index (Phi) is 3.80. The summed E-state index contributed by atoms with van der Waals surface area (Å²) in [4.78, 5) is 10.9. The number of hydrogen-bond donors (Lipinski definition) is 0. The van der Waals surface area contributed by atoms with Gasteiger partial charge in [-0.15, -0.1) is 0 Å². The largest absolute Gasteiger partial charge is 0.300 e. The molecule has 2 heteroatoms. The first-order valence-electron chi connectivity index (χ1n) is 5.79. The summed E-state index contributed by atoms with van der Waals surface area (Å²) in [5.74, 6) is 0.255. The van der Waals surface area contributed by atoms with Crippen molar-refractivity contribution < 1.29 is 4.79 Å². The first-order chi connectivity index (χ1) is 8.15. The molecule has 0 unspecified atom stereocenters. The number of carbonyl (C=O) groups excluding carboxylic acids is 1. The third-order valence-corrected chi connectivity index (χ3v) is 3.20. The van der Waals surface area contributed by atoms with Gasteiger partial charge in [-0.05, 0) is 43.0 Å². The van der Waals surface area contributed by atoms with Crippen LogP contribution in [0.2, 0.25) is 5.02 Å². The van der Waals surface area contributed by atoms with Gasteiger partial charge >= 0.3 is 0 Å². The fourth-order valence-electron chi connectivity index (χ4n) is 1.95. The zero-order valence-electron chi connectivity index (χ0n) is 9.87. The van der Waals surface area contributed by atoms with Gasteiger partial charge in [-0.2, -0.15) is 0 Å². The van der Waals surface area contributed by atoms with Crippen LogP contribution in [0.25, 0.3) is 5.57 Å². The molecule has 0 amide bonds. The molecule has 1 aromatic carbocycles. The van der Waals surface area contributed by atoms with E-state index in [0.717, 1.165) is 17.9 Å². The Morgan fingerprint density at radius 3 is 2.59 bits per heavy atom. The summed E-state index contributed by atoms with van der Waals surface area (Å²) in [5, 5.41) is 0.761. The van der Waals surface area contributed by atoms with Crippen molar-refractivity contribution in [2.75, 3.05) is 0 Å². The second-order valence-electron chi connectivity index (χ2n) is 4.40. The molecule has 0 fully saturated rings. The van der Waals surface area contributed by atoms with E-state index in [1.165, 1.54) is 16.7 Å². The zero-order valence-corrected chi connectivity index (χ0v) is 10.6. The maximum atomic E-state index is 10.9. The molecule has 0 spiro atoms. The lowest BCUT2D eigenvalue weighted by molar-refractivity contribution is -0.116. The van der Waals surface area contributed by atoms with Crippen molar-refractivity contribution in [1.82, 2.24) is 0 Å². The number of benzene rings is 1. The monoisotopic (exact) mass is 246 g/mol. The molecule has 1 aliphatic rings. The van der Waals surface area contributed by atoms with Gasteiger partial charge in [0, 0.05) is 11.4 Å². The highest BCUT2D eigenvalue weighted by Gasteiger charge is 2.10. The van der Waals surface area contributed by atoms with Gasteiger partial charge in [0.15, 0.2) is 0 Å². The first kappa shape index (κ1) is 12.1. The molecule has 88 valence electrons. The van der Waals surface area contributed by atoms with Crippen molar-refractivity contribution in [2.24, 2.45) is 0 Å². The summed E-state index contributed by atoms with van der Waals surface area (Å²) in [6.07, 6.45) is 6.75. The molecule has 0 atom stereocenters. The maximum Gasteiger partial charge on any atom is 0.130 e. The van der Waals surface area contributed by atoms with Crippen LogP contribution in [0.3, 0.4) is 0 Å². The molecule has 2 rings (SSSR count). The first-order valence-corrected chi connectivity index (χ1v) is 6.17. The van der Waals surface area contributed by atoms with E-state index in [0.29, 0.717) is 6.42 Å². The summed E-state index contributed by atoms with van der Waals surface area (Å²) in [6, 6.07) is 7.89. The molecular formula is C15H15ClO. The predicted octanol–water partition coefficient (Wildman–Crippen LogP) is 4.42. The minimum absolute atomic E-state index is 0.255. The molecule has 0 saturated heterocycles.